The van der Waals surface area contributed by atoms with Crippen molar-refractivity contribution in [1.82, 2.24) is 20.4 Å². The smallest absolute Gasteiger partial charge is 0.548 e. The number of nitrogens with one attached hydrogen (secondary N) is 2. The van der Waals surface area contributed by atoms with Crippen LogP contribution in [0.2, 0.25) is 0 Å². The molecule has 0 aliphatic carbocycles. The Labute approximate surface area is 316 Å². The number of hydrogen-bond donors (Lipinski definition) is 6. The predicted octanol–water partition coefficient (Wildman–Crippen LogP) is -0.144. The van der Waals surface area contributed by atoms with Crippen LogP contribution in [0, 0.1) is 0 Å². The van der Waals surface area contributed by atoms with Gasteiger partial charge in [0.1, 0.15) is 0 Å². The summed E-state index contributed by atoms with van der Waals surface area (Å²) in [7, 11) is 0. The van der Waals surface area contributed by atoms with Crippen molar-refractivity contribution in [3.8, 4) is 0 Å². The number of carboxylic acids is 2. The number of carbonyl (C=O) groups excluding carboxylic acids is 2. The third kappa shape index (κ3) is 30.4. The Morgan fingerprint density at radius 2 is 0.851 bits per heavy atom. The molecule has 0 aliphatic rings. The summed E-state index contributed by atoms with van der Waals surface area (Å²) in [6, 6.07) is -1.48. The van der Waals surface area contributed by atoms with Gasteiger partial charge in [-0.25, -0.2) is 0 Å². The second-order valence-corrected chi connectivity index (χ2v) is 12.6. The van der Waals surface area contributed by atoms with E-state index in [4.69, 9.17) is 0 Å². The largest absolute Gasteiger partial charge is 2.00 e. The predicted molar refractivity (Wildman–Crippen MR) is 186 cm³/mol. The van der Waals surface area contributed by atoms with E-state index in [9.17, 15) is 40.2 Å². The van der Waals surface area contributed by atoms with Crippen molar-refractivity contribution < 1.29 is 40.2 Å². The van der Waals surface area contributed by atoms with Gasteiger partial charge in [0, 0.05) is 64.4 Å². The zero-order valence-corrected chi connectivity index (χ0v) is 32.8. The van der Waals surface area contributed by atoms with E-state index in [1.807, 2.05) is 0 Å². The van der Waals surface area contributed by atoms with Crippen LogP contribution in [0.25, 0.3) is 0 Å². The van der Waals surface area contributed by atoms with Crippen molar-refractivity contribution in [3.05, 3.63) is 0 Å². The van der Waals surface area contributed by atoms with Gasteiger partial charge in [-0.2, -0.15) is 0 Å². The molecule has 0 saturated heterocycles. The van der Waals surface area contributed by atoms with Crippen molar-refractivity contribution in [1.29, 1.82) is 0 Å². The Balaban J connectivity index is -0.000000807. The molecule has 276 valence electrons. The molecule has 47 heavy (non-hydrogen) atoms. The van der Waals surface area contributed by atoms with Crippen LogP contribution >= 0.6 is 0 Å². The summed E-state index contributed by atoms with van der Waals surface area (Å²) in [4.78, 5) is 25.6. The van der Waals surface area contributed by atoms with E-state index < -0.39 is 36.2 Å². The third-order valence-corrected chi connectivity index (χ3v) is 8.14. The van der Waals surface area contributed by atoms with Gasteiger partial charge >= 0.3 is 37.7 Å². The molecule has 6 unspecified atom stereocenters. The average Bonchev–Trinajstić information content (AvgIpc) is 3.02. The molecule has 0 aliphatic heterocycles. The Kier molecular flexibility index (Phi) is 37.4. The van der Waals surface area contributed by atoms with E-state index >= 15 is 0 Å². The van der Waals surface area contributed by atoms with Crippen LogP contribution in [-0.4, -0.2) is 169 Å². The standard InChI is InChI=1S/2C17H36N2O4.Ca/c2*1-4-6-8-15(20)12-18-10-11-19(14(3)17(22)23)13-16(21)9-7-5-2;/h2*14-16,18,20-21H,4-13H2,1-3H3,(H,22,23);/q;;+2/p-2. The third-order valence-electron chi connectivity index (χ3n) is 8.14. The Hall–Kier alpha value is -0.120. The molecule has 0 radical (unpaired) electrons. The molecular formula is C34H70CaN4O8. The quantitative estimate of drug-likeness (QED) is 0.0430. The first-order chi connectivity index (χ1) is 21.8. The summed E-state index contributed by atoms with van der Waals surface area (Å²) in [5.41, 5.74) is 0. The molecule has 0 spiro atoms. The monoisotopic (exact) mass is 702 g/mol. The molecule has 13 heteroatoms. The van der Waals surface area contributed by atoms with Crippen molar-refractivity contribution in [2.24, 2.45) is 0 Å². The fourth-order valence-electron chi connectivity index (χ4n) is 4.85. The molecule has 0 aromatic rings. The number of carbonyl (C=O) groups is 2. The van der Waals surface area contributed by atoms with Crippen molar-refractivity contribution >= 4 is 49.7 Å². The van der Waals surface area contributed by atoms with Gasteiger partial charge in [-0.3, -0.25) is 9.80 Å². The van der Waals surface area contributed by atoms with E-state index in [-0.39, 0.29) is 49.9 Å². The van der Waals surface area contributed by atoms with E-state index in [0.717, 1.165) is 64.2 Å². The molecule has 0 fully saturated rings. The van der Waals surface area contributed by atoms with E-state index in [1.54, 1.807) is 23.6 Å². The minimum absolute atomic E-state index is 0. The van der Waals surface area contributed by atoms with Gasteiger partial charge in [-0.1, -0.05) is 79.1 Å². The van der Waals surface area contributed by atoms with Gasteiger partial charge in [0.05, 0.1) is 36.4 Å². The number of hydrogen-bond acceptors (Lipinski definition) is 12. The van der Waals surface area contributed by atoms with Gasteiger partial charge in [-0.05, 0) is 39.5 Å². The van der Waals surface area contributed by atoms with Gasteiger partial charge in [0.2, 0.25) is 0 Å². The molecule has 0 aromatic heterocycles. The Morgan fingerprint density at radius 3 is 1.11 bits per heavy atom. The molecule has 6 N–H and O–H groups in total. The molecule has 0 amide bonds. The summed E-state index contributed by atoms with van der Waals surface area (Å²) in [6.07, 6.45) is 9.12. The van der Waals surface area contributed by atoms with Crippen LogP contribution < -0.4 is 20.8 Å². The van der Waals surface area contributed by atoms with Crippen molar-refractivity contribution in [2.45, 2.75) is 155 Å². The summed E-state index contributed by atoms with van der Waals surface area (Å²) in [6.45, 7) is 15.3. The topological polar surface area (TPSA) is 192 Å². The van der Waals surface area contributed by atoms with Crippen LogP contribution in [0.3, 0.4) is 0 Å². The van der Waals surface area contributed by atoms with E-state index in [0.29, 0.717) is 65.2 Å². The van der Waals surface area contributed by atoms with Crippen LogP contribution in [0.4, 0.5) is 0 Å². The van der Waals surface area contributed by atoms with Crippen LogP contribution in [0.5, 0.6) is 0 Å². The fourth-order valence-corrected chi connectivity index (χ4v) is 4.85. The number of aliphatic hydroxyl groups excluding tert-OH is 4. The van der Waals surface area contributed by atoms with Crippen molar-refractivity contribution in [3.63, 3.8) is 0 Å². The van der Waals surface area contributed by atoms with Gasteiger partial charge in [0.25, 0.3) is 0 Å². The fraction of sp³-hybridized carbons (Fsp3) is 0.941. The summed E-state index contributed by atoms with van der Waals surface area (Å²) < 4.78 is 0. The minimum Gasteiger partial charge on any atom is -0.548 e. The first-order valence-corrected chi connectivity index (χ1v) is 17.9. The van der Waals surface area contributed by atoms with Gasteiger partial charge < -0.3 is 50.9 Å². The van der Waals surface area contributed by atoms with Crippen molar-refractivity contribution in [2.75, 3.05) is 52.4 Å². The first-order valence-electron chi connectivity index (χ1n) is 17.9. The molecule has 12 nitrogen and oxygen atoms in total. The molecular weight excluding hydrogens is 632 g/mol. The molecule has 0 aromatic carbocycles. The molecule has 0 bridgehead atoms. The van der Waals surface area contributed by atoms with Crippen LogP contribution in [-0.2, 0) is 9.59 Å². The number of unbranched alkanes of at least 4 members (excludes halogenated alkanes) is 4. The number of carboxylic acid groups (broad SMARTS) is 2. The Morgan fingerprint density at radius 1 is 0.574 bits per heavy atom. The van der Waals surface area contributed by atoms with E-state index in [1.165, 1.54) is 0 Å². The maximum absolute atomic E-state index is 11.1. The average molecular weight is 703 g/mol. The zero-order chi connectivity index (χ0) is 35.3. The summed E-state index contributed by atoms with van der Waals surface area (Å²) in [5, 5.41) is 68.0. The Bertz CT molecular complexity index is 670. The molecule has 0 heterocycles. The maximum atomic E-state index is 11.1. The van der Waals surface area contributed by atoms with E-state index in [2.05, 4.69) is 38.3 Å². The first kappa shape index (κ1) is 51.3. The van der Waals surface area contributed by atoms with Crippen LogP contribution in [0.1, 0.15) is 119 Å². The zero-order valence-electron chi connectivity index (χ0n) is 30.6. The molecule has 0 rings (SSSR count). The molecule has 6 atom stereocenters. The molecule has 0 saturated carbocycles. The van der Waals surface area contributed by atoms with Crippen LogP contribution in [0.15, 0.2) is 0 Å². The normalized spacial score (nSPS) is 15.2. The SMILES string of the molecule is CCCCC(O)CNCCN(CC(O)CCCC)C(C)C(=O)[O-].CCCCC(O)CNCCN(CC(O)CCCC)C(C)C(=O)[O-].[Ca+2]. The van der Waals surface area contributed by atoms with Gasteiger partial charge in [-0.15, -0.1) is 0 Å². The number of aliphatic hydroxyl groups is 4. The summed E-state index contributed by atoms with van der Waals surface area (Å²) in [5.74, 6) is -2.26. The second kappa shape index (κ2) is 34.3. The second-order valence-electron chi connectivity index (χ2n) is 12.6. The number of rotatable bonds is 30. The van der Waals surface area contributed by atoms with Gasteiger partial charge in [0.15, 0.2) is 0 Å². The minimum atomic E-state index is -1.13. The maximum Gasteiger partial charge on any atom is 2.00 e. The summed E-state index contributed by atoms with van der Waals surface area (Å²) >= 11 is 0. The number of nitrogens with zero attached hydrogens (tertiary/aromatic N) is 2. The number of aliphatic carboxylic acids is 2.